The van der Waals surface area contributed by atoms with Gasteiger partial charge in [-0.15, -0.1) is 0 Å². The third kappa shape index (κ3) is 6.14. The molecule has 38 heavy (non-hydrogen) atoms. The number of aromatic amines is 1. The predicted octanol–water partition coefficient (Wildman–Crippen LogP) is 6.08. The minimum atomic E-state index is -0.649. The van der Waals surface area contributed by atoms with Gasteiger partial charge in [-0.25, -0.2) is 14.2 Å². The highest BCUT2D eigenvalue weighted by Crippen LogP contribution is 2.36. The zero-order valence-electron chi connectivity index (χ0n) is 21.1. The Labute approximate surface area is 231 Å². The lowest BCUT2D eigenvalue weighted by atomic mass is 10.1. The van der Waals surface area contributed by atoms with E-state index in [4.69, 9.17) is 33.7 Å². The number of carbonyl (C=O) groups is 1. The largest absolute Gasteiger partial charge is 0.478 e. The van der Waals surface area contributed by atoms with Crippen LogP contribution in [-0.4, -0.2) is 36.1 Å². The molecule has 1 aromatic heterocycles. The summed E-state index contributed by atoms with van der Waals surface area (Å²) in [6.45, 7) is 3.23. The summed E-state index contributed by atoms with van der Waals surface area (Å²) >= 11 is 12.4. The highest BCUT2D eigenvalue weighted by Gasteiger charge is 2.28. The van der Waals surface area contributed by atoms with Gasteiger partial charge in [0.25, 0.3) is 0 Å². The smallest absolute Gasteiger partial charge is 0.321 e. The molecule has 1 unspecified atom stereocenters. The molecule has 2 amide bonds. The van der Waals surface area contributed by atoms with E-state index in [0.29, 0.717) is 34.2 Å². The van der Waals surface area contributed by atoms with Crippen molar-refractivity contribution >= 4 is 40.7 Å². The quantitative estimate of drug-likeness (QED) is 0.306. The van der Waals surface area contributed by atoms with Gasteiger partial charge in [-0.05, 0) is 62.4 Å². The summed E-state index contributed by atoms with van der Waals surface area (Å²) in [5.41, 5.74) is 8.89. The molecule has 1 aliphatic heterocycles. The topological polar surface area (TPSA) is 93.8 Å². The van der Waals surface area contributed by atoms with E-state index in [-0.39, 0.29) is 11.1 Å². The third-order valence-electron chi connectivity index (χ3n) is 7.03. The van der Waals surface area contributed by atoms with Gasteiger partial charge in [0, 0.05) is 53.1 Å². The average Bonchev–Trinajstić information content (AvgIpc) is 3.73. The maximum absolute atomic E-state index is 14.0. The molecular formula is C28H31Cl2FN5O2+. The molecule has 1 atom stereocenters. The number of benzene rings is 2. The number of aromatic nitrogens is 1. The summed E-state index contributed by atoms with van der Waals surface area (Å²) in [6.07, 6.45) is 5.63. The fourth-order valence-electron chi connectivity index (χ4n) is 4.70. The number of urea groups is 1. The number of likely N-dealkylation sites (tertiary alicyclic amines) is 1. The van der Waals surface area contributed by atoms with E-state index in [9.17, 15) is 9.18 Å². The first kappa shape index (κ1) is 26.5. The number of nitrogen functional groups attached to an aromatic ring is 1. The van der Waals surface area contributed by atoms with E-state index in [1.165, 1.54) is 25.0 Å². The van der Waals surface area contributed by atoms with Gasteiger partial charge < -0.3 is 20.3 Å². The molecule has 7 nitrogen and oxygen atoms in total. The molecule has 10 heteroatoms. The molecule has 1 saturated heterocycles. The molecular weight excluding hydrogens is 528 g/mol. The fraction of sp³-hybridized carbons (Fsp3) is 0.357. The van der Waals surface area contributed by atoms with Crippen LogP contribution in [0.3, 0.4) is 0 Å². The number of pyridine rings is 1. The molecule has 1 aliphatic carbocycles. The van der Waals surface area contributed by atoms with Crippen LogP contribution in [0.25, 0.3) is 11.1 Å². The Bertz CT molecular complexity index is 1310. The Morgan fingerprint density at radius 3 is 2.45 bits per heavy atom. The van der Waals surface area contributed by atoms with Crippen molar-refractivity contribution < 1.29 is 18.9 Å². The fourth-order valence-corrected chi connectivity index (χ4v) is 5.38. The molecule has 2 heterocycles. The summed E-state index contributed by atoms with van der Waals surface area (Å²) in [7, 11) is 0. The molecule has 2 fully saturated rings. The van der Waals surface area contributed by atoms with Crippen molar-refractivity contribution in [1.29, 1.82) is 0 Å². The van der Waals surface area contributed by atoms with Gasteiger partial charge in [-0.2, -0.15) is 0 Å². The number of nitrogens with one attached hydrogen (secondary N) is 3. The van der Waals surface area contributed by atoms with Crippen LogP contribution in [0.1, 0.15) is 44.3 Å². The van der Waals surface area contributed by atoms with E-state index in [0.717, 1.165) is 42.7 Å². The van der Waals surface area contributed by atoms with Crippen LogP contribution in [0.2, 0.25) is 10.0 Å². The monoisotopic (exact) mass is 558 g/mol. The number of amides is 2. The molecule has 200 valence electrons. The van der Waals surface area contributed by atoms with Crippen LogP contribution < -0.4 is 26.1 Å². The first-order valence-electron chi connectivity index (χ1n) is 12.8. The second-order valence-corrected chi connectivity index (χ2v) is 10.7. The van der Waals surface area contributed by atoms with Crippen LogP contribution in [0.15, 0.2) is 48.7 Å². The molecule has 2 aromatic carbocycles. The molecule has 0 radical (unpaired) electrons. The van der Waals surface area contributed by atoms with Crippen molar-refractivity contribution in [3.05, 3.63) is 70.1 Å². The first-order chi connectivity index (χ1) is 18.3. The standard InChI is InChI=1S/C28H30Cl2FN5O2/c1-16(25-22(29)8-9-23(31)26(25)30)38-24-14-18(15-33-27(24)32)17-2-4-20(5-3-17)35-28(37)36-12-10-21(11-13-36)34-19-6-7-19/h2-5,8-9,14-16,19,21,34H,6-7,10-13H2,1H3,(H2,32,33)(H,35,37)/p+1. The normalized spacial score (nSPS) is 16.8. The third-order valence-corrected chi connectivity index (χ3v) is 7.74. The van der Waals surface area contributed by atoms with Crippen molar-refractivity contribution in [1.82, 2.24) is 10.2 Å². The summed E-state index contributed by atoms with van der Waals surface area (Å²) < 4.78 is 20.0. The SMILES string of the molecule is CC(Oc1cc(-c2ccc(NC(=O)N3CCC(NC4CC4)CC3)cc2)c[nH+]c1N)c1c(Cl)ccc(F)c1Cl. The van der Waals surface area contributed by atoms with Crippen molar-refractivity contribution in [2.45, 2.75) is 50.8 Å². The van der Waals surface area contributed by atoms with Gasteiger partial charge >= 0.3 is 11.8 Å². The molecule has 0 bridgehead atoms. The molecule has 2 aliphatic rings. The summed E-state index contributed by atoms with van der Waals surface area (Å²) in [5.74, 6) is 0.115. The maximum atomic E-state index is 14.0. The number of ether oxygens (including phenoxy) is 1. The minimum Gasteiger partial charge on any atom is -0.478 e. The number of piperidine rings is 1. The Balaban J connectivity index is 1.22. The van der Waals surface area contributed by atoms with Gasteiger partial charge in [0.2, 0.25) is 5.75 Å². The molecule has 5 rings (SSSR count). The lowest BCUT2D eigenvalue weighted by molar-refractivity contribution is -0.360. The maximum Gasteiger partial charge on any atom is 0.321 e. The number of carbonyl (C=O) groups excluding carboxylic acids is 1. The summed E-state index contributed by atoms with van der Waals surface area (Å²) in [6, 6.07) is 13.1. The number of H-pyrrole nitrogens is 1. The van der Waals surface area contributed by atoms with Crippen LogP contribution in [-0.2, 0) is 0 Å². The number of halogens is 3. The molecule has 3 aromatic rings. The number of anilines is 2. The molecule has 0 spiro atoms. The number of rotatable bonds is 7. The van der Waals surface area contributed by atoms with Gasteiger partial charge in [0.15, 0.2) is 0 Å². The predicted molar refractivity (Wildman–Crippen MR) is 148 cm³/mol. The second-order valence-electron chi connectivity index (χ2n) is 9.89. The Morgan fingerprint density at radius 1 is 1.08 bits per heavy atom. The van der Waals surface area contributed by atoms with Crippen LogP contribution in [0.4, 0.5) is 20.7 Å². The number of nitrogens with zero attached hydrogens (tertiary/aromatic N) is 1. The van der Waals surface area contributed by atoms with Crippen LogP contribution >= 0.6 is 23.2 Å². The second kappa shape index (κ2) is 11.4. The lowest BCUT2D eigenvalue weighted by Gasteiger charge is -2.32. The van der Waals surface area contributed by atoms with Crippen LogP contribution in [0.5, 0.6) is 5.75 Å². The molecule has 1 saturated carbocycles. The summed E-state index contributed by atoms with van der Waals surface area (Å²) in [4.78, 5) is 17.6. The zero-order valence-corrected chi connectivity index (χ0v) is 22.6. The van der Waals surface area contributed by atoms with E-state index in [2.05, 4.69) is 15.6 Å². The highest BCUT2D eigenvalue weighted by molar-refractivity contribution is 6.36. The van der Waals surface area contributed by atoms with Crippen molar-refractivity contribution in [2.24, 2.45) is 0 Å². The number of nitrogens with two attached hydrogens (primary N) is 1. The van der Waals surface area contributed by atoms with E-state index >= 15 is 0 Å². The average molecular weight is 559 g/mol. The van der Waals surface area contributed by atoms with E-state index in [1.54, 1.807) is 19.2 Å². The van der Waals surface area contributed by atoms with Crippen molar-refractivity contribution in [2.75, 3.05) is 24.1 Å². The van der Waals surface area contributed by atoms with Gasteiger partial charge in [0.1, 0.15) is 11.9 Å². The Kier molecular flexibility index (Phi) is 7.93. The minimum absolute atomic E-state index is 0.0808. The van der Waals surface area contributed by atoms with E-state index < -0.39 is 11.9 Å². The van der Waals surface area contributed by atoms with E-state index in [1.807, 2.05) is 29.2 Å². The van der Waals surface area contributed by atoms with Crippen molar-refractivity contribution in [3.63, 3.8) is 0 Å². The first-order valence-corrected chi connectivity index (χ1v) is 13.6. The zero-order chi connectivity index (χ0) is 26.8. The number of hydrogen-bond acceptors (Lipinski definition) is 4. The lowest BCUT2D eigenvalue weighted by Crippen LogP contribution is -2.46. The highest BCUT2D eigenvalue weighted by atomic mass is 35.5. The molecule has 5 N–H and O–H groups in total. The Hall–Kier alpha value is -3.07. The van der Waals surface area contributed by atoms with Gasteiger partial charge in [-0.3, -0.25) is 5.73 Å². The summed E-state index contributed by atoms with van der Waals surface area (Å²) in [5, 5.41) is 6.87. The van der Waals surface area contributed by atoms with Gasteiger partial charge in [0.05, 0.1) is 11.2 Å². The van der Waals surface area contributed by atoms with Crippen molar-refractivity contribution in [3.8, 4) is 16.9 Å². The Morgan fingerprint density at radius 2 is 1.76 bits per heavy atom. The van der Waals surface area contributed by atoms with Crippen LogP contribution in [0, 0.1) is 5.82 Å². The number of hydrogen-bond donors (Lipinski definition) is 3. The van der Waals surface area contributed by atoms with Gasteiger partial charge in [-0.1, -0.05) is 35.3 Å².